The lowest BCUT2D eigenvalue weighted by molar-refractivity contribution is -0.121. The summed E-state index contributed by atoms with van der Waals surface area (Å²) in [6.07, 6.45) is 2.51. The smallest absolute Gasteiger partial charge is 0.220 e. The predicted octanol–water partition coefficient (Wildman–Crippen LogP) is 7.58. The quantitative estimate of drug-likeness (QED) is 0.157. The fourth-order valence-corrected chi connectivity index (χ4v) is 5.35. The number of para-hydroxylation sites is 1. The van der Waals surface area contributed by atoms with Gasteiger partial charge in [-0.15, -0.1) is 0 Å². The highest BCUT2D eigenvalue weighted by molar-refractivity contribution is 5.87. The zero-order chi connectivity index (χ0) is 30.2. The minimum atomic E-state index is -0.189. The van der Waals surface area contributed by atoms with Crippen LogP contribution in [0.2, 0.25) is 0 Å². The van der Waals surface area contributed by atoms with E-state index in [0.717, 1.165) is 33.3 Å². The number of ether oxygens (including phenoxy) is 3. The van der Waals surface area contributed by atoms with Crippen molar-refractivity contribution in [2.45, 2.75) is 39.3 Å². The van der Waals surface area contributed by atoms with Crippen LogP contribution in [0.3, 0.4) is 0 Å². The van der Waals surface area contributed by atoms with E-state index < -0.39 is 0 Å². The van der Waals surface area contributed by atoms with Gasteiger partial charge in [-0.25, -0.2) is 0 Å². The molecule has 0 aliphatic rings. The summed E-state index contributed by atoms with van der Waals surface area (Å²) in [5, 5.41) is 4.25. The normalized spacial score (nSPS) is 11.8. The van der Waals surface area contributed by atoms with Crippen LogP contribution >= 0.6 is 0 Å². The van der Waals surface area contributed by atoms with Gasteiger partial charge in [0.15, 0.2) is 11.5 Å². The third-order valence-corrected chi connectivity index (χ3v) is 7.63. The van der Waals surface area contributed by atoms with Gasteiger partial charge in [-0.05, 0) is 58.5 Å². The fourth-order valence-electron chi connectivity index (χ4n) is 5.35. The van der Waals surface area contributed by atoms with Crippen molar-refractivity contribution in [3.05, 3.63) is 126 Å². The summed E-state index contributed by atoms with van der Waals surface area (Å²) in [6, 6.07) is 32.6. The van der Waals surface area contributed by atoms with Crippen LogP contribution in [0.25, 0.3) is 10.9 Å². The Labute approximate surface area is 254 Å². The van der Waals surface area contributed by atoms with E-state index in [4.69, 9.17) is 14.2 Å². The zero-order valence-corrected chi connectivity index (χ0v) is 25.4. The van der Waals surface area contributed by atoms with Gasteiger partial charge in [-0.3, -0.25) is 4.79 Å². The Morgan fingerprint density at radius 2 is 1.56 bits per heavy atom. The van der Waals surface area contributed by atoms with Crippen LogP contribution < -0.4 is 19.5 Å². The van der Waals surface area contributed by atoms with Crippen molar-refractivity contribution in [2.75, 3.05) is 20.8 Å². The van der Waals surface area contributed by atoms with Gasteiger partial charge < -0.3 is 24.1 Å². The van der Waals surface area contributed by atoms with E-state index in [1.165, 1.54) is 5.56 Å². The zero-order valence-electron chi connectivity index (χ0n) is 25.4. The molecule has 222 valence electrons. The summed E-state index contributed by atoms with van der Waals surface area (Å²) >= 11 is 0. The number of fused-ring (bicyclic) bond motifs is 1. The minimum absolute atomic E-state index is 0.0223. The Hall–Kier alpha value is -4.71. The van der Waals surface area contributed by atoms with Crippen molar-refractivity contribution >= 4 is 16.8 Å². The van der Waals surface area contributed by atoms with Crippen LogP contribution in [-0.2, 0) is 17.9 Å². The molecule has 5 rings (SSSR count). The standard InChI is InChI=1S/C37H40N2O4/c1-26(2)22-38-37(40)21-32(29-16-19-35(36(20-29)42-4)43-25-28-10-6-5-7-11-28)33-24-39(34-13-9-8-12-31(33)34)23-27-14-17-30(41-3)18-15-27/h5-20,24,26,32H,21-23,25H2,1-4H3,(H,38,40). The van der Waals surface area contributed by atoms with Crippen molar-refractivity contribution in [1.82, 2.24) is 9.88 Å². The van der Waals surface area contributed by atoms with Crippen molar-refractivity contribution in [1.29, 1.82) is 0 Å². The Balaban J connectivity index is 1.51. The number of amides is 1. The lowest BCUT2D eigenvalue weighted by atomic mass is 9.87. The van der Waals surface area contributed by atoms with E-state index in [-0.39, 0.29) is 11.8 Å². The number of hydrogen-bond acceptors (Lipinski definition) is 4. The van der Waals surface area contributed by atoms with Gasteiger partial charge in [0.25, 0.3) is 0 Å². The van der Waals surface area contributed by atoms with Crippen LogP contribution in [0.15, 0.2) is 103 Å². The molecule has 0 fully saturated rings. The molecule has 1 heterocycles. The number of rotatable bonds is 13. The minimum Gasteiger partial charge on any atom is -0.497 e. The molecule has 0 aliphatic carbocycles. The largest absolute Gasteiger partial charge is 0.497 e. The second-order valence-corrected chi connectivity index (χ2v) is 11.2. The molecule has 0 saturated carbocycles. The summed E-state index contributed by atoms with van der Waals surface area (Å²) in [7, 11) is 3.33. The Kier molecular flexibility index (Phi) is 9.67. The third-order valence-electron chi connectivity index (χ3n) is 7.63. The number of benzene rings is 4. The van der Waals surface area contributed by atoms with Gasteiger partial charge in [0.2, 0.25) is 5.91 Å². The molecule has 0 spiro atoms. The lowest BCUT2D eigenvalue weighted by Crippen LogP contribution is -2.28. The Morgan fingerprint density at radius 3 is 2.28 bits per heavy atom. The van der Waals surface area contributed by atoms with Gasteiger partial charge in [0.1, 0.15) is 12.4 Å². The van der Waals surface area contributed by atoms with E-state index in [1.807, 2.05) is 54.6 Å². The second-order valence-electron chi connectivity index (χ2n) is 11.2. The number of carbonyl (C=O) groups excluding carboxylic acids is 1. The van der Waals surface area contributed by atoms with Gasteiger partial charge >= 0.3 is 0 Å². The number of carbonyl (C=O) groups is 1. The predicted molar refractivity (Wildman–Crippen MR) is 172 cm³/mol. The van der Waals surface area contributed by atoms with E-state index in [2.05, 4.69) is 72.4 Å². The summed E-state index contributed by atoms with van der Waals surface area (Å²) < 4.78 is 19.5. The maximum Gasteiger partial charge on any atom is 0.220 e. The van der Waals surface area contributed by atoms with Gasteiger partial charge in [-0.2, -0.15) is 0 Å². The van der Waals surface area contributed by atoms with E-state index in [0.29, 0.717) is 43.5 Å². The maximum absolute atomic E-state index is 13.3. The van der Waals surface area contributed by atoms with E-state index in [9.17, 15) is 4.79 Å². The monoisotopic (exact) mass is 576 g/mol. The molecule has 1 unspecified atom stereocenters. The molecule has 0 bridgehead atoms. The van der Waals surface area contributed by atoms with Crippen molar-refractivity contribution in [3.8, 4) is 17.2 Å². The first kappa shape index (κ1) is 29.8. The number of aromatic nitrogens is 1. The molecule has 1 atom stereocenters. The number of methoxy groups -OCH3 is 2. The summed E-state index contributed by atoms with van der Waals surface area (Å²) in [5.41, 5.74) is 5.47. The summed E-state index contributed by atoms with van der Waals surface area (Å²) in [6.45, 7) is 5.98. The number of hydrogen-bond donors (Lipinski definition) is 1. The average molecular weight is 577 g/mol. The average Bonchev–Trinajstić information content (AvgIpc) is 3.40. The molecule has 43 heavy (non-hydrogen) atoms. The molecule has 6 nitrogen and oxygen atoms in total. The Morgan fingerprint density at radius 1 is 0.814 bits per heavy atom. The molecule has 1 N–H and O–H groups in total. The second kappa shape index (κ2) is 14.0. The molecule has 6 heteroatoms. The Bertz CT molecular complexity index is 1640. The molecule has 0 radical (unpaired) electrons. The molecule has 0 saturated heterocycles. The van der Waals surface area contributed by atoms with Crippen LogP contribution in [-0.4, -0.2) is 31.2 Å². The number of nitrogens with zero attached hydrogens (tertiary/aromatic N) is 1. The van der Waals surface area contributed by atoms with Crippen LogP contribution in [0, 0.1) is 5.92 Å². The van der Waals surface area contributed by atoms with E-state index >= 15 is 0 Å². The summed E-state index contributed by atoms with van der Waals surface area (Å²) in [4.78, 5) is 13.3. The van der Waals surface area contributed by atoms with Crippen molar-refractivity contribution in [3.63, 3.8) is 0 Å². The van der Waals surface area contributed by atoms with Gasteiger partial charge in [0.05, 0.1) is 14.2 Å². The number of nitrogens with one attached hydrogen (secondary N) is 1. The van der Waals surface area contributed by atoms with Crippen molar-refractivity contribution < 1.29 is 19.0 Å². The van der Waals surface area contributed by atoms with Crippen molar-refractivity contribution in [2.24, 2.45) is 5.92 Å². The molecule has 5 aromatic rings. The molecule has 0 aliphatic heterocycles. The van der Waals surface area contributed by atoms with Gasteiger partial charge in [-0.1, -0.05) is 80.6 Å². The molecule has 1 aromatic heterocycles. The lowest BCUT2D eigenvalue weighted by Gasteiger charge is -2.20. The summed E-state index contributed by atoms with van der Waals surface area (Å²) in [5.74, 6) is 2.35. The fraction of sp³-hybridized carbons (Fsp3) is 0.270. The van der Waals surface area contributed by atoms with Gasteiger partial charge in [0, 0.05) is 42.5 Å². The molecular formula is C37H40N2O4. The first-order valence-corrected chi connectivity index (χ1v) is 14.8. The highest BCUT2D eigenvalue weighted by Crippen LogP contribution is 2.39. The SMILES string of the molecule is COc1ccc(Cn2cc(C(CC(=O)NCC(C)C)c3ccc(OCc4ccccc4)c(OC)c3)c3ccccc32)cc1. The first-order chi connectivity index (χ1) is 20.9. The maximum atomic E-state index is 13.3. The topological polar surface area (TPSA) is 61.7 Å². The van der Waals surface area contributed by atoms with Crippen LogP contribution in [0.4, 0.5) is 0 Å². The van der Waals surface area contributed by atoms with Crippen LogP contribution in [0.5, 0.6) is 17.2 Å². The molecule has 1 amide bonds. The highest BCUT2D eigenvalue weighted by Gasteiger charge is 2.24. The van der Waals surface area contributed by atoms with E-state index in [1.54, 1.807) is 14.2 Å². The molecular weight excluding hydrogens is 536 g/mol. The first-order valence-electron chi connectivity index (χ1n) is 14.8. The van der Waals surface area contributed by atoms with Crippen LogP contribution in [0.1, 0.15) is 48.4 Å². The highest BCUT2D eigenvalue weighted by atomic mass is 16.5. The molecule has 4 aromatic carbocycles. The third kappa shape index (κ3) is 7.39.